The molecule has 2 saturated heterocycles. The minimum absolute atomic E-state index is 0.00120. The summed E-state index contributed by atoms with van der Waals surface area (Å²) >= 11 is 18.0. The molecule has 4 aromatic carbocycles. The summed E-state index contributed by atoms with van der Waals surface area (Å²) in [7, 11) is -11.1. The molecule has 9 aromatic rings. The normalized spacial score (nSPS) is 17.0. The number of nitrogens with zero attached hydrogens (tertiary/aromatic N) is 18. The third-order valence-corrected chi connectivity index (χ3v) is 26.3. The molecule has 0 radical (unpaired) electrons. The van der Waals surface area contributed by atoms with Crippen molar-refractivity contribution >= 4 is 138 Å². The lowest BCUT2D eigenvalue weighted by atomic mass is 9.62. The van der Waals surface area contributed by atoms with Crippen molar-refractivity contribution in [3.05, 3.63) is 200 Å². The summed E-state index contributed by atoms with van der Waals surface area (Å²) in [6.07, 6.45) is 16.3. The van der Waals surface area contributed by atoms with Crippen LogP contribution in [0.15, 0.2) is 171 Å². The number of likely N-dealkylation sites (tertiary alicyclic amines) is 2. The smallest absolute Gasteiger partial charge is 0.269 e. The summed E-state index contributed by atoms with van der Waals surface area (Å²) in [5, 5.41) is 27.8. The number of carbonyl (C=O) groups is 9. The first-order valence-corrected chi connectivity index (χ1v) is 46.3. The van der Waals surface area contributed by atoms with Crippen LogP contribution in [0.3, 0.4) is 0 Å². The number of halogens is 5. The van der Waals surface area contributed by atoms with E-state index in [4.69, 9.17) is 23.2 Å². The molecule has 0 N–H and O–H groups in total. The fourth-order valence-corrected chi connectivity index (χ4v) is 19.2. The number of benzene rings is 4. The van der Waals surface area contributed by atoms with E-state index in [-0.39, 0.29) is 67.9 Å². The molecule has 5 aromatic heterocycles. The van der Waals surface area contributed by atoms with Crippen LogP contribution >= 0.6 is 55.1 Å². The number of fused-ring (bicyclic) bond motifs is 6. The number of tetrazole rings is 1. The van der Waals surface area contributed by atoms with E-state index in [1.165, 1.54) is 35.2 Å². The molecule has 15 rings (SSSR count). The Morgan fingerprint density at radius 3 is 1.12 bits per heavy atom. The molecule has 41 heteroatoms. The second kappa shape index (κ2) is 43.2. The van der Waals surface area contributed by atoms with Crippen molar-refractivity contribution in [1.29, 1.82) is 0 Å². The fourth-order valence-electron chi connectivity index (χ4n) is 12.9. The van der Waals surface area contributed by atoms with E-state index < -0.39 is 107 Å². The minimum Gasteiger partial charge on any atom is -0.281 e. The molecule has 124 heavy (non-hydrogen) atoms. The molecule has 0 aliphatic carbocycles. The van der Waals surface area contributed by atoms with E-state index in [1.54, 1.807) is 148 Å². The maximum atomic E-state index is 12.9. The van der Waals surface area contributed by atoms with Crippen LogP contribution in [0.1, 0.15) is 241 Å². The summed E-state index contributed by atoms with van der Waals surface area (Å²) in [6.45, 7) is 42.9. The van der Waals surface area contributed by atoms with E-state index in [0.29, 0.717) is 51.4 Å². The average molecular weight is 1940 g/mol. The maximum Gasteiger partial charge on any atom is 0.269 e. The molecule has 672 valence electrons. The van der Waals surface area contributed by atoms with Gasteiger partial charge >= 0.3 is 0 Å². The largest absolute Gasteiger partial charge is 0.281 e. The van der Waals surface area contributed by atoms with Gasteiger partial charge in [0.05, 0.1) is 60.4 Å². The predicted molar refractivity (Wildman–Crippen MR) is 471 cm³/mol. The third-order valence-electron chi connectivity index (χ3n) is 19.0. The quantitative estimate of drug-likeness (QED) is 0.0857. The average Bonchev–Trinajstić information content (AvgIpc) is 1.02. The van der Waals surface area contributed by atoms with Crippen molar-refractivity contribution in [2.45, 2.75) is 234 Å². The minimum atomic E-state index is -3.79. The molecule has 2 atom stereocenters. The summed E-state index contributed by atoms with van der Waals surface area (Å²) in [4.78, 5) is 112. The predicted octanol–water partition coefficient (Wildman–Crippen LogP) is 14.9. The lowest BCUT2D eigenvalue weighted by Gasteiger charge is -2.51. The molecule has 6 aliphatic heterocycles. The number of piperidine rings is 2. The Balaban J connectivity index is 0.000000216. The van der Waals surface area contributed by atoms with Gasteiger partial charge in [0.1, 0.15) is 38.7 Å². The van der Waals surface area contributed by atoms with Crippen molar-refractivity contribution in [3.8, 4) is 0 Å². The molecule has 33 nitrogen and oxygen atoms in total. The number of imide groups is 3. The number of hydrogen-bond donors (Lipinski definition) is 0. The van der Waals surface area contributed by atoms with Gasteiger partial charge in [0.25, 0.3) is 59.6 Å². The zero-order chi connectivity index (χ0) is 93.6. The SMILES string of the molecule is CC(C)N1C(=O)c2cc(F)ccc2S1(=O)=O.CC(C)N1C(=O)c2ccc(Cl)cc2S1(=O)=O.CC(C)N1C(=O)c2ccccc2C1=O.CC(C)N1C(=O)c2ccccc2S1(=O)=O.CC(C)n1cc(Br)cn1.CC(C)n1cc(Br)cn1.CC(C)n1cc(Cl)cn1.CC(C)n1cccn1.CC(C)n1cnnn1.CCN1C(=O)C2C(=O)N(C(C)C)C(=O)C(C1=O)C2(C)C. The Hall–Kier alpha value is -10.1. The highest BCUT2D eigenvalue weighted by molar-refractivity contribution is 9.10. The van der Waals surface area contributed by atoms with Crippen molar-refractivity contribution in [3.63, 3.8) is 0 Å². The van der Waals surface area contributed by atoms with Gasteiger partial charge in [-0.3, -0.25) is 76.6 Å². The molecule has 9 amide bonds. The fraction of sp³-hybridized carbons (Fsp3) is 0.446. The lowest BCUT2D eigenvalue weighted by Crippen LogP contribution is -2.71. The molecule has 6 aliphatic rings. The van der Waals surface area contributed by atoms with Crippen molar-refractivity contribution < 1.29 is 72.8 Å². The van der Waals surface area contributed by atoms with Crippen LogP contribution in [-0.4, -0.2) is 202 Å². The number of amides is 9. The zero-order valence-electron chi connectivity index (χ0n) is 73.3. The van der Waals surface area contributed by atoms with Gasteiger partial charge in [0, 0.05) is 108 Å². The summed E-state index contributed by atoms with van der Waals surface area (Å²) in [6, 6.07) is 23.0. The van der Waals surface area contributed by atoms with Gasteiger partial charge < -0.3 is 0 Å². The molecule has 2 fully saturated rings. The number of rotatable bonds is 11. The Morgan fingerprint density at radius 1 is 0.403 bits per heavy atom. The maximum absolute atomic E-state index is 12.9. The van der Waals surface area contributed by atoms with Crippen LogP contribution in [0.5, 0.6) is 0 Å². The van der Waals surface area contributed by atoms with Crippen molar-refractivity contribution in [2.24, 2.45) is 17.3 Å². The van der Waals surface area contributed by atoms with E-state index in [2.05, 4.69) is 123 Å². The third kappa shape index (κ3) is 23.7. The van der Waals surface area contributed by atoms with Gasteiger partial charge in [-0.1, -0.05) is 61.3 Å². The first-order chi connectivity index (χ1) is 57.7. The first kappa shape index (κ1) is 103. The molecule has 11 heterocycles. The summed E-state index contributed by atoms with van der Waals surface area (Å²) < 4.78 is 98.7. The number of carbonyl (C=O) groups excluding carboxylic acids is 9. The molecule has 2 unspecified atom stereocenters. The molecule has 2 bridgehead atoms. The molecule has 0 saturated carbocycles. The second-order valence-corrected chi connectivity index (χ2v) is 40.0. The van der Waals surface area contributed by atoms with Crippen LogP contribution in [0, 0.1) is 23.1 Å². The Morgan fingerprint density at radius 2 is 0.798 bits per heavy atom. The van der Waals surface area contributed by atoms with Gasteiger partial charge in [-0.25, -0.2) is 47.2 Å². The van der Waals surface area contributed by atoms with Crippen molar-refractivity contribution in [2.75, 3.05) is 6.54 Å². The topological polar surface area (TPSA) is 390 Å². The molecule has 0 spiro atoms. The highest BCUT2D eigenvalue weighted by atomic mass is 79.9. The van der Waals surface area contributed by atoms with E-state index in [1.807, 2.05) is 77.3 Å². The van der Waals surface area contributed by atoms with Gasteiger partial charge in [-0.2, -0.15) is 20.4 Å². The first-order valence-electron chi connectivity index (χ1n) is 39.6. The zero-order valence-corrected chi connectivity index (χ0v) is 80.4. The highest BCUT2D eigenvalue weighted by Crippen LogP contribution is 2.48. The van der Waals surface area contributed by atoms with Crippen LogP contribution in [0.2, 0.25) is 10.0 Å². The lowest BCUT2D eigenvalue weighted by molar-refractivity contribution is -0.185. The number of hydrogen-bond acceptors (Lipinski definition) is 22. The second-order valence-electron chi connectivity index (χ2n) is 31.9. The highest BCUT2D eigenvalue weighted by Gasteiger charge is 2.64. The van der Waals surface area contributed by atoms with Crippen molar-refractivity contribution in [1.82, 2.24) is 86.9 Å². The van der Waals surface area contributed by atoms with Crippen LogP contribution in [-0.2, 0) is 49.2 Å². The van der Waals surface area contributed by atoms with E-state index in [9.17, 15) is 72.8 Å². The van der Waals surface area contributed by atoms with Gasteiger partial charge in [0.2, 0.25) is 23.6 Å². The van der Waals surface area contributed by atoms with E-state index >= 15 is 0 Å². The summed E-state index contributed by atoms with van der Waals surface area (Å²) in [5.41, 5.74) is 0.453. The monoisotopic (exact) mass is 1940 g/mol. The van der Waals surface area contributed by atoms with Crippen LogP contribution in [0.4, 0.5) is 4.39 Å². The van der Waals surface area contributed by atoms with Crippen LogP contribution < -0.4 is 0 Å². The van der Waals surface area contributed by atoms with Crippen LogP contribution in [0.25, 0.3) is 0 Å². The summed E-state index contributed by atoms with van der Waals surface area (Å²) in [5.74, 6) is -6.40. The van der Waals surface area contributed by atoms with Gasteiger partial charge in [-0.15, -0.1) is 5.10 Å². The Labute approximate surface area is 750 Å². The number of sulfonamides is 3. The Kier molecular flexibility index (Phi) is 35.8. The van der Waals surface area contributed by atoms with Gasteiger partial charge in [-0.05, 0) is 254 Å². The molecular weight excluding hydrogens is 1830 g/mol. The standard InChI is InChI=1S/C14H20N2O4.C11H11NO2.C10H10ClNO3S.C10H10FNO3S.C10H11NO3S.2C6H9BrN2.C6H9ClN2.C6H10N2.C4H8N4/c1-6-15-10(17)8-12(19)16(7(2)3)13(20)9(11(15)18)14(8,4)5;1-7(2)12-10(13)8-5-3-4-6-9(8)11(12)14;1-6(2)12-10(13)8-4-3-7(11)5-9(8)16(12,14)15;1-6(2)12-10(13)8-5-7(11)3-4-9(8)16(12,14)15;1-7(2)11-10(12)8-5-3-4-6-9(8)15(11,13)14;3*1-5(2)9-4-6(7)3-8-9;1-6(2)8-5-3-4-7-8;1-4(2)8-3-5-6-7-8/h7-9H,6H2,1-5H3;3-7H,1-2H3;2*3-6H,1-2H3;3-7H,1-2H3;3*3-5H,1-2H3;3-6H,1-2H3;3-4H,1-2H3. The van der Waals surface area contributed by atoms with Gasteiger partial charge in [0.15, 0.2) is 0 Å². The Bertz CT molecular complexity index is 5440. The van der Waals surface area contributed by atoms with E-state index in [0.717, 1.165) is 49.9 Å². The number of aromatic nitrogens is 12. The molecular formula is C83H107Br2Cl2FN18O15S3.